The Kier molecular flexibility index (Phi) is 4.21. The number of pyridine rings is 1. The van der Waals surface area contributed by atoms with Crippen molar-refractivity contribution >= 4 is 15.9 Å². The zero-order valence-electron chi connectivity index (χ0n) is 13.2. The fraction of sp³-hybridized carbons (Fsp3) is 0.263. The average molecular weight is 383 g/mol. The molecule has 1 fully saturated rings. The topological polar surface area (TPSA) is 53.6 Å². The van der Waals surface area contributed by atoms with E-state index in [9.17, 15) is 0 Å². The number of aromatic amines is 1. The number of halogens is 1. The fourth-order valence-electron chi connectivity index (χ4n) is 3.24. The van der Waals surface area contributed by atoms with Crippen molar-refractivity contribution in [1.82, 2.24) is 20.3 Å². The van der Waals surface area contributed by atoms with E-state index >= 15 is 0 Å². The van der Waals surface area contributed by atoms with E-state index in [1.54, 1.807) is 12.4 Å². The highest BCUT2D eigenvalue weighted by Crippen LogP contribution is 2.50. The van der Waals surface area contributed by atoms with E-state index in [1.807, 2.05) is 18.5 Å². The second kappa shape index (κ2) is 6.49. The smallest absolute Gasteiger partial charge is 0.127 e. The van der Waals surface area contributed by atoms with Gasteiger partial charge in [0.15, 0.2) is 0 Å². The lowest BCUT2D eigenvalue weighted by Gasteiger charge is -2.23. The van der Waals surface area contributed by atoms with Crippen LogP contribution in [0.15, 0.2) is 65.7 Å². The lowest BCUT2D eigenvalue weighted by Crippen LogP contribution is -2.32. The second-order valence-electron chi connectivity index (χ2n) is 6.33. The van der Waals surface area contributed by atoms with Gasteiger partial charge in [-0.15, -0.1) is 0 Å². The molecule has 2 N–H and O–H groups in total. The van der Waals surface area contributed by atoms with Gasteiger partial charge in [-0.25, -0.2) is 4.98 Å². The zero-order valence-corrected chi connectivity index (χ0v) is 14.8. The normalized spacial score (nSPS) is 16.7. The number of rotatable bonds is 6. The van der Waals surface area contributed by atoms with E-state index in [0.717, 1.165) is 17.9 Å². The van der Waals surface area contributed by atoms with Gasteiger partial charge in [-0.1, -0.05) is 40.2 Å². The SMILES string of the molecule is Brc1ccccc1C1(CNC(c2cccnc2)c2ncc[nH]2)CC1. The molecule has 3 aromatic rings. The monoisotopic (exact) mass is 382 g/mol. The van der Waals surface area contributed by atoms with Crippen molar-refractivity contribution in [3.05, 3.63) is 82.6 Å². The maximum absolute atomic E-state index is 4.45. The van der Waals surface area contributed by atoms with E-state index in [-0.39, 0.29) is 11.5 Å². The van der Waals surface area contributed by atoms with Gasteiger partial charge < -0.3 is 10.3 Å². The van der Waals surface area contributed by atoms with Gasteiger partial charge in [-0.05, 0) is 36.1 Å². The highest BCUT2D eigenvalue weighted by molar-refractivity contribution is 9.10. The number of benzene rings is 1. The standard InChI is InChI=1S/C19H19BrN4/c20-16-6-2-1-5-15(16)19(7-8-19)13-24-17(18-22-10-11-23-18)14-4-3-9-21-12-14/h1-6,9-12,17,24H,7-8,13H2,(H,22,23). The number of nitrogens with one attached hydrogen (secondary N) is 2. The largest absolute Gasteiger partial charge is 0.347 e. The number of aromatic nitrogens is 3. The van der Waals surface area contributed by atoms with Gasteiger partial charge in [-0.3, -0.25) is 4.98 Å². The molecule has 1 atom stereocenters. The fourth-order valence-corrected chi connectivity index (χ4v) is 3.94. The van der Waals surface area contributed by atoms with E-state index < -0.39 is 0 Å². The summed E-state index contributed by atoms with van der Waals surface area (Å²) in [6, 6.07) is 12.6. The maximum Gasteiger partial charge on any atom is 0.127 e. The van der Waals surface area contributed by atoms with Crippen molar-refractivity contribution in [2.24, 2.45) is 0 Å². The molecular weight excluding hydrogens is 364 g/mol. The van der Waals surface area contributed by atoms with E-state index in [4.69, 9.17) is 0 Å². The van der Waals surface area contributed by atoms with Gasteiger partial charge >= 0.3 is 0 Å². The minimum atomic E-state index is 0.0219. The molecule has 0 aliphatic heterocycles. The molecule has 1 saturated carbocycles. The quantitative estimate of drug-likeness (QED) is 0.677. The van der Waals surface area contributed by atoms with Gasteiger partial charge in [0.05, 0.1) is 6.04 Å². The predicted octanol–water partition coefficient (Wildman–Crippen LogP) is 3.98. The van der Waals surface area contributed by atoms with Crippen LogP contribution in [-0.4, -0.2) is 21.5 Å². The Hall–Kier alpha value is -1.98. The molecule has 0 saturated heterocycles. The summed E-state index contributed by atoms with van der Waals surface area (Å²) in [5, 5.41) is 3.71. The molecule has 4 nitrogen and oxygen atoms in total. The van der Waals surface area contributed by atoms with Crippen LogP contribution in [0.1, 0.15) is 35.8 Å². The Morgan fingerprint density at radius 3 is 2.71 bits per heavy atom. The van der Waals surface area contributed by atoms with Gasteiger partial charge in [0.25, 0.3) is 0 Å². The molecule has 2 aromatic heterocycles. The zero-order chi connectivity index (χ0) is 16.4. The molecule has 1 aromatic carbocycles. The molecule has 24 heavy (non-hydrogen) atoms. The Morgan fingerprint density at radius 1 is 1.17 bits per heavy atom. The van der Waals surface area contributed by atoms with Crippen LogP contribution in [0.3, 0.4) is 0 Å². The molecule has 0 amide bonds. The molecule has 1 aliphatic rings. The Morgan fingerprint density at radius 2 is 2.04 bits per heavy atom. The molecule has 122 valence electrons. The molecule has 0 bridgehead atoms. The number of H-pyrrole nitrogens is 1. The predicted molar refractivity (Wildman–Crippen MR) is 97.7 cm³/mol. The van der Waals surface area contributed by atoms with Crippen molar-refractivity contribution in [3.8, 4) is 0 Å². The van der Waals surface area contributed by atoms with Gasteiger partial charge in [-0.2, -0.15) is 0 Å². The van der Waals surface area contributed by atoms with Gasteiger partial charge in [0.2, 0.25) is 0 Å². The first-order valence-corrected chi connectivity index (χ1v) is 8.95. The molecule has 0 radical (unpaired) electrons. The van der Waals surface area contributed by atoms with Gasteiger partial charge in [0.1, 0.15) is 5.82 Å². The summed E-state index contributed by atoms with van der Waals surface area (Å²) < 4.78 is 1.19. The Labute approximate surface area is 149 Å². The van der Waals surface area contributed by atoms with Crippen molar-refractivity contribution < 1.29 is 0 Å². The van der Waals surface area contributed by atoms with E-state index in [1.165, 1.54) is 22.9 Å². The van der Waals surface area contributed by atoms with Crippen LogP contribution in [0.2, 0.25) is 0 Å². The lowest BCUT2D eigenvalue weighted by molar-refractivity contribution is 0.514. The molecular formula is C19H19BrN4. The number of nitrogens with zero attached hydrogens (tertiary/aromatic N) is 2. The van der Waals surface area contributed by atoms with Crippen LogP contribution in [-0.2, 0) is 5.41 Å². The van der Waals surface area contributed by atoms with E-state index in [0.29, 0.717) is 0 Å². The van der Waals surface area contributed by atoms with Gasteiger partial charge in [0, 0.05) is 41.2 Å². The highest BCUT2D eigenvalue weighted by Gasteiger charge is 2.45. The molecule has 5 heteroatoms. The lowest BCUT2D eigenvalue weighted by atomic mass is 9.95. The van der Waals surface area contributed by atoms with Crippen LogP contribution in [0.25, 0.3) is 0 Å². The molecule has 0 spiro atoms. The summed E-state index contributed by atoms with van der Waals surface area (Å²) >= 11 is 3.71. The first kappa shape index (κ1) is 15.5. The highest BCUT2D eigenvalue weighted by atomic mass is 79.9. The molecule has 2 heterocycles. The number of hydrogen-bond donors (Lipinski definition) is 2. The van der Waals surface area contributed by atoms with Crippen LogP contribution >= 0.6 is 15.9 Å². The minimum Gasteiger partial charge on any atom is -0.347 e. The summed E-state index contributed by atoms with van der Waals surface area (Å²) in [5.41, 5.74) is 2.73. The third-order valence-corrected chi connectivity index (χ3v) is 5.45. The molecule has 1 unspecified atom stereocenters. The summed E-state index contributed by atoms with van der Waals surface area (Å²) in [7, 11) is 0. The molecule has 4 rings (SSSR count). The minimum absolute atomic E-state index is 0.0219. The van der Waals surface area contributed by atoms with Crippen molar-refractivity contribution in [2.45, 2.75) is 24.3 Å². The van der Waals surface area contributed by atoms with Crippen LogP contribution in [0.5, 0.6) is 0 Å². The van der Waals surface area contributed by atoms with Crippen molar-refractivity contribution in [3.63, 3.8) is 0 Å². The summed E-state index contributed by atoms with van der Waals surface area (Å²) in [6.45, 7) is 0.913. The molecule has 1 aliphatic carbocycles. The third-order valence-electron chi connectivity index (χ3n) is 4.75. The van der Waals surface area contributed by atoms with E-state index in [2.05, 4.69) is 66.5 Å². The Bertz CT molecular complexity index is 797. The van der Waals surface area contributed by atoms with Crippen LogP contribution in [0.4, 0.5) is 0 Å². The summed E-state index contributed by atoms with van der Waals surface area (Å²) in [6.07, 6.45) is 9.77. The van der Waals surface area contributed by atoms with Crippen LogP contribution < -0.4 is 5.32 Å². The number of hydrogen-bond acceptors (Lipinski definition) is 3. The second-order valence-corrected chi connectivity index (χ2v) is 7.19. The number of imidazole rings is 1. The average Bonchev–Trinajstić information content (AvgIpc) is 3.20. The Balaban J connectivity index is 1.57. The maximum atomic E-state index is 4.45. The van der Waals surface area contributed by atoms with Crippen molar-refractivity contribution in [1.29, 1.82) is 0 Å². The van der Waals surface area contributed by atoms with Crippen LogP contribution in [0, 0.1) is 0 Å². The first-order valence-electron chi connectivity index (χ1n) is 8.16. The summed E-state index contributed by atoms with van der Waals surface area (Å²) in [5.74, 6) is 0.922. The first-order chi connectivity index (χ1) is 11.8. The third kappa shape index (κ3) is 3.01. The van der Waals surface area contributed by atoms with Crippen molar-refractivity contribution in [2.75, 3.05) is 6.54 Å². The summed E-state index contributed by atoms with van der Waals surface area (Å²) in [4.78, 5) is 11.9.